The molecule has 190 valence electrons. The number of nitrogens with one attached hydrogen (secondary N) is 1. The molecule has 7 nitrogen and oxygen atoms in total. The number of amides is 4. The van der Waals surface area contributed by atoms with E-state index in [-0.39, 0.29) is 17.2 Å². The van der Waals surface area contributed by atoms with Crippen LogP contribution in [0.5, 0.6) is 11.5 Å². The van der Waals surface area contributed by atoms with Crippen molar-refractivity contribution < 1.29 is 23.9 Å². The molecule has 0 bridgehead atoms. The van der Waals surface area contributed by atoms with Crippen molar-refractivity contribution >= 4 is 52.8 Å². The van der Waals surface area contributed by atoms with Gasteiger partial charge in [0.25, 0.3) is 11.8 Å². The van der Waals surface area contributed by atoms with Crippen molar-refractivity contribution in [1.29, 1.82) is 0 Å². The number of halogens is 2. The molecule has 1 heterocycles. The summed E-state index contributed by atoms with van der Waals surface area (Å²) in [6.45, 7) is 6.04. The van der Waals surface area contributed by atoms with E-state index in [1.807, 2.05) is 32.0 Å². The highest BCUT2D eigenvalue weighted by Crippen LogP contribution is 2.38. The molecular weight excluding hydrogens is 515 g/mol. The van der Waals surface area contributed by atoms with Gasteiger partial charge in [-0.05, 0) is 73.9 Å². The summed E-state index contributed by atoms with van der Waals surface area (Å²) in [6, 6.07) is 14.9. The first kappa shape index (κ1) is 26.3. The van der Waals surface area contributed by atoms with Gasteiger partial charge in [-0.15, -0.1) is 0 Å². The Hall–Kier alpha value is -3.81. The lowest BCUT2D eigenvalue weighted by atomic mass is 10.0. The molecule has 0 radical (unpaired) electrons. The van der Waals surface area contributed by atoms with E-state index in [9.17, 15) is 14.4 Å². The molecule has 1 fully saturated rings. The number of carbonyl (C=O) groups is 3. The van der Waals surface area contributed by atoms with Gasteiger partial charge in [0.05, 0.1) is 17.3 Å². The second-order valence-electron chi connectivity index (χ2n) is 8.43. The summed E-state index contributed by atoms with van der Waals surface area (Å²) in [5.74, 6) is -0.880. The van der Waals surface area contributed by atoms with Crippen molar-refractivity contribution in [2.75, 3.05) is 11.5 Å². The molecule has 3 aromatic carbocycles. The highest BCUT2D eigenvalue weighted by molar-refractivity contribution is 6.39. The van der Waals surface area contributed by atoms with Crippen LogP contribution in [-0.2, 0) is 16.2 Å². The number of anilines is 1. The number of aryl methyl sites for hydroxylation is 2. The lowest BCUT2D eigenvalue weighted by molar-refractivity contribution is -0.122. The van der Waals surface area contributed by atoms with Gasteiger partial charge in [-0.3, -0.25) is 14.9 Å². The minimum atomic E-state index is -0.808. The fraction of sp³-hybridized carbons (Fsp3) is 0.179. The first-order chi connectivity index (χ1) is 17.7. The van der Waals surface area contributed by atoms with Crippen molar-refractivity contribution in [3.05, 3.63) is 92.5 Å². The third kappa shape index (κ3) is 5.79. The third-order valence-corrected chi connectivity index (χ3v) is 6.13. The summed E-state index contributed by atoms with van der Waals surface area (Å²) in [6.07, 6.45) is 1.37. The average molecular weight is 539 g/mol. The normalized spacial score (nSPS) is 14.7. The number of benzene rings is 3. The van der Waals surface area contributed by atoms with Crippen molar-refractivity contribution in [3.8, 4) is 11.5 Å². The number of rotatable bonds is 7. The Bertz CT molecular complexity index is 1430. The molecule has 1 aliphatic heterocycles. The monoisotopic (exact) mass is 538 g/mol. The quantitative estimate of drug-likeness (QED) is 0.283. The maximum absolute atomic E-state index is 13.3. The van der Waals surface area contributed by atoms with Crippen LogP contribution in [0.1, 0.15) is 29.2 Å². The van der Waals surface area contributed by atoms with Crippen LogP contribution in [0.4, 0.5) is 10.5 Å². The summed E-state index contributed by atoms with van der Waals surface area (Å²) < 4.78 is 11.7. The van der Waals surface area contributed by atoms with Crippen molar-refractivity contribution in [3.63, 3.8) is 0 Å². The molecule has 37 heavy (non-hydrogen) atoms. The number of hydrogen-bond donors (Lipinski definition) is 1. The Morgan fingerprint density at radius 1 is 0.973 bits per heavy atom. The van der Waals surface area contributed by atoms with Crippen LogP contribution in [0.15, 0.2) is 60.2 Å². The number of ether oxygens (including phenoxy) is 2. The summed E-state index contributed by atoms with van der Waals surface area (Å²) in [4.78, 5) is 39.5. The van der Waals surface area contributed by atoms with Crippen molar-refractivity contribution in [2.45, 2.75) is 27.4 Å². The number of imide groups is 2. The van der Waals surface area contributed by atoms with Crippen LogP contribution in [0, 0.1) is 13.8 Å². The summed E-state index contributed by atoms with van der Waals surface area (Å²) in [7, 11) is 0. The molecule has 4 amide bonds. The number of urea groups is 1. The fourth-order valence-corrected chi connectivity index (χ4v) is 4.44. The first-order valence-corrected chi connectivity index (χ1v) is 12.3. The van der Waals surface area contributed by atoms with Gasteiger partial charge in [-0.1, -0.05) is 53.0 Å². The zero-order valence-electron chi connectivity index (χ0n) is 20.4. The molecule has 0 spiro atoms. The van der Waals surface area contributed by atoms with E-state index >= 15 is 0 Å². The molecule has 0 atom stereocenters. The van der Waals surface area contributed by atoms with Crippen LogP contribution in [-0.4, -0.2) is 24.5 Å². The van der Waals surface area contributed by atoms with Crippen LogP contribution < -0.4 is 19.7 Å². The predicted octanol–water partition coefficient (Wildman–Crippen LogP) is 6.25. The topological polar surface area (TPSA) is 84.9 Å². The zero-order chi connectivity index (χ0) is 26.7. The minimum Gasteiger partial charge on any atom is -0.490 e. The van der Waals surface area contributed by atoms with Gasteiger partial charge in [0.15, 0.2) is 11.5 Å². The molecule has 4 rings (SSSR count). The Morgan fingerprint density at radius 2 is 1.76 bits per heavy atom. The van der Waals surface area contributed by atoms with Crippen LogP contribution in [0.2, 0.25) is 10.0 Å². The predicted molar refractivity (Wildman–Crippen MR) is 143 cm³/mol. The lowest BCUT2D eigenvalue weighted by Crippen LogP contribution is -2.54. The van der Waals surface area contributed by atoms with Crippen LogP contribution >= 0.6 is 23.2 Å². The lowest BCUT2D eigenvalue weighted by Gasteiger charge is -2.27. The third-order valence-electron chi connectivity index (χ3n) is 5.61. The largest absolute Gasteiger partial charge is 0.490 e. The highest BCUT2D eigenvalue weighted by atomic mass is 35.5. The van der Waals surface area contributed by atoms with Crippen LogP contribution in [0.3, 0.4) is 0 Å². The van der Waals surface area contributed by atoms with Gasteiger partial charge < -0.3 is 9.47 Å². The molecule has 3 aromatic rings. The Kier molecular flexibility index (Phi) is 7.86. The number of nitrogens with zero attached hydrogens (tertiary/aromatic N) is 1. The molecule has 0 aromatic heterocycles. The van der Waals surface area contributed by atoms with E-state index in [1.54, 1.807) is 43.3 Å². The number of barbiturate groups is 1. The molecule has 0 saturated carbocycles. The van der Waals surface area contributed by atoms with E-state index < -0.39 is 17.8 Å². The summed E-state index contributed by atoms with van der Waals surface area (Å²) in [5.41, 5.74) is 3.15. The summed E-state index contributed by atoms with van der Waals surface area (Å²) >= 11 is 12.6. The van der Waals surface area contributed by atoms with Gasteiger partial charge in [0.2, 0.25) is 0 Å². The molecule has 9 heteroatoms. The van der Waals surface area contributed by atoms with Gasteiger partial charge in [-0.25, -0.2) is 9.69 Å². The fourth-order valence-electron chi connectivity index (χ4n) is 3.96. The van der Waals surface area contributed by atoms with E-state index in [0.717, 1.165) is 21.6 Å². The molecule has 0 unspecified atom stereocenters. The molecular formula is C28H24Cl2N2O5. The number of carbonyl (C=O) groups excluding carboxylic acids is 3. The standard InChI is InChI=1S/C28H24Cl2N2O5/c1-4-36-24-14-19(13-22(30)25(24)37-15-18-6-5-7-20(29)11-18)12-21-26(33)31-28(35)32(27(21)34)23-9-8-16(2)10-17(23)3/h5-14H,4,15H2,1-3H3,(H,31,33,35)/b21-12+. The minimum absolute atomic E-state index is 0.203. The average Bonchev–Trinajstić information content (AvgIpc) is 2.83. The maximum Gasteiger partial charge on any atom is 0.335 e. The van der Waals surface area contributed by atoms with Gasteiger partial charge in [-0.2, -0.15) is 0 Å². The van der Waals surface area contributed by atoms with E-state index in [1.165, 1.54) is 6.08 Å². The first-order valence-electron chi connectivity index (χ1n) is 11.5. The Morgan fingerprint density at radius 3 is 2.46 bits per heavy atom. The highest BCUT2D eigenvalue weighted by Gasteiger charge is 2.37. The van der Waals surface area contributed by atoms with E-state index in [0.29, 0.717) is 34.4 Å². The van der Waals surface area contributed by atoms with E-state index in [2.05, 4.69) is 5.32 Å². The van der Waals surface area contributed by atoms with Crippen LogP contribution in [0.25, 0.3) is 6.08 Å². The molecule has 1 N–H and O–H groups in total. The van der Waals surface area contributed by atoms with Crippen molar-refractivity contribution in [1.82, 2.24) is 5.32 Å². The smallest absolute Gasteiger partial charge is 0.335 e. The molecule has 1 saturated heterocycles. The van der Waals surface area contributed by atoms with Crippen molar-refractivity contribution in [2.24, 2.45) is 0 Å². The molecule has 0 aliphatic carbocycles. The molecule has 1 aliphatic rings. The zero-order valence-corrected chi connectivity index (χ0v) is 21.9. The second-order valence-corrected chi connectivity index (χ2v) is 9.27. The maximum atomic E-state index is 13.3. The summed E-state index contributed by atoms with van der Waals surface area (Å²) in [5, 5.41) is 3.05. The van der Waals surface area contributed by atoms with Gasteiger partial charge in [0.1, 0.15) is 12.2 Å². The SMILES string of the molecule is CCOc1cc(/C=C2\C(=O)NC(=O)N(c3ccc(C)cc3C)C2=O)cc(Cl)c1OCc1cccc(Cl)c1. The number of hydrogen-bond acceptors (Lipinski definition) is 5. The van der Waals surface area contributed by atoms with Gasteiger partial charge in [0, 0.05) is 5.02 Å². The second kappa shape index (κ2) is 11.1. The van der Waals surface area contributed by atoms with E-state index in [4.69, 9.17) is 32.7 Å². The Balaban J connectivity index is 1.67. The van der Waals surface area contributed by atoms with Gasteiger partial charge >= 0.3 is 6.03 Å². The Labute approximate surface area is 224 Å².